The minimum absolute atomic E-state index is 0.00682. The Labute approximate surface area is 240 Å². The summed E-state index contributed by atoms with van der Waals surface area (Å²) in [7, 11) is 0. The van der Waals surface area contributed by atoms with E-state index >= 15 is 0 Å². The zero-order chi connectivity index (χ0) is 29.4. The summed E-state index contributed by atoms with van der Waals surface area (Å²) < 4.78 is 42.2. The van der Waals surface area contributed by atoms with E-state index in [0.717, 1.165) is 17.2 Å². The molecule has 3 aromatic carbocycles. The van der Waals surface area contributed by atoms with Gasteiger partial charge in [-0.2, -0.15) is 0 Å². The maximum atomic E-state index is 14.2. The Bertz CT molecular complexity index is 1560. The fraction of sp³-hybridized carbons (Fsp3) is 0.438. The third-order valence-corrected chi connectivity index (χ3v) is 9.76. The Morgan fingerprint density at radius 2 is 1.69 bits per heavy atom. The number of carbonyl (C=O) groups excluding carboxylic acids is 1. The van der Waals surface area contributed by atoms with Gasteiger partial charge in [0, 0.05) is 17.3 Å². The highest BCUT2D eigenvalue weighted by atomic mass is 19.4. The monoisotopic (exact) mass is 580 g/mol. The number of hydrogen-bond acceptors (Lipinski definition) is 5. The van der Waals surface area contributed by atoms with Gasteiger partial charge in [0.15, 0.2) is 0 Å². The van der Waals surface area contributed by atoms with Crippen molar-refractivity contribution in [3.05, 3.63) is 71.8 Å². The molecule has 5 aliphatic rings. The normalized spacial score (nSPS) is 29.1. The van der Waals surface area contributed by atoms with Crippen LogP contribution in [0.25, 0.3) is 10.8 Å². The number of rotatable bonds is 6. The second-order valence-electron chi connectivity index (χ2n) is 12.8. The molecule has 4 saturated carbocycles. The molecule has 4 fully saturated rings. The molecule has 0 spiro atoms. The van der Waals surface area contributed by atoms with Gasteiger partial charge < -0.3 is 24.7 Å². The van der Waals surface area contributed by atoms with Gasteiger partial charge in [-0.3, -0.25) is 4.79 Å². The number of amides is 1. The van der Waals surface area contributed by atoms with Crippen molar-refractivity contribution in [2.45, 2.75) is 63.1 Å². The third-order valence-electron chi connectivity index (χ3n) is 9.76. The fourth-order valence-corrected chi connectivity index (χ4v) is 8.92. The molecule has 0 saturated heterocycles. The summed E-state index contributed by atoms with van der Waals surface area (Å²) in [6.45, 7) is 0.221. The second kappa shape index (κ2) is 9.36. The van der Waals surface area contributed by atoms with Gasteiger partial charge in [0.1, 0.15) is 11.8 Å². The number of anilines is 1. The Hall–Kier alpha value is -3.79. The summed E-state index contributed by atoms with van der Waals surface area (Å²) >= 11 is 0. The minimum Gasteiger partial charge on any atom is -0.480 e. The Morgan fingerprint density at radius 1 is 1.00 bits per heavy atom. The van der Waals surface area contributed by atoms with Crippen molar-refractivity contribution in [2.75, 3.05) is 11.6 Å². The number of ether oxygens (including phenoxy) is 1. The van der Waals surface area contributed by atoms with Gasteiger partial charge in [-0.15, -0.1) is 13.2 Å². The van der Waals surface area contributed by atoms with Crippen molar-refractivity contribution in [2.24, 2.45) is 17.3 Å². The lowest BCUT2D eigenvalue weighted by Crippen LogP contribution is -2.66. The first kappa shape index (κ1) is 27.1. The first-order valence-corrected chi connectivity index (χ1v) is 14.3. The van der Waals surface area contributed by atoms with E-state index < -0.39 is 29.4 Å². The van der Waals surface area contributed by atoms with Crippen LogP contribution in [0.3, 0.4) is 0 Å². The fourth-order valence-electron chi connectivity index (χ4n) is 8.92. The van der Waals surface area contributed by atoms with E-state index in [1.165, 1.54) is 29.2 Å². The topological polar surface area (TPSA) is 90.3 Å². The van der Waals surface area contributed by atoms with Gasteiger partial charge in [0.2, 0.25) is 0 Å². The number of carboxylic acid groups (broad SMARTS) is 1. The Kier molecular flexibility index (Phi) is 6.03. The van der Waals surface area contributed by atoms with Crippen molar-refractivity contribution >= 4 is 28.3 Å². The van der Waals surface area contributed by atoms with Crippen LogP contribution in [0, 0.1) is 17.3 Å². The lowest BCUT2D eigenvalue weighted by molar-refractivity contribution is -0.274. The lowest BCUT2D eigenvalue weighted by Gasteiger charge is -2.63. The molecule has 4 bridgehead atoms. The zero-order valence-corrected chi connectivity index (χ0v) is 22.8. The number of carboxylic acids is 1. The van der Waals surface area contributed by atoms with Gasteiger partial charge in [-0.05, 0) is 79.5 Å². The average molecular weight is 581 g/mol. The first-order valence-electron chi connectivity index (χ1n) is 14.3. The zero-order valence-electron chi connectivity index (χ0n) is 22.8. The van der Waals surface area contributed by atoms with Crippen LogP contribution >= 0.6 is 0 Å². The quantitative estimate of drug-likeness (QED) is 0.375. The van der Waals surface area contributed by atoms with Crippen molar-refractivity contribution in [3.8, 4) is 5.75 Å². The van der Waals surface area contributed by atoms with E-state index in [2.05, 4.69) is 4.74 Å². The molecule has 3 unspecified atom stereocenters. The van der Waals surface area contributed by atoms with E-state index in [1.807, 2.05) is 35.2 Å². The highest BCUT2D eigenvalue weighted by Gasteiger charge is 2.63. The molecule has 0 aromatic heterocycles. The van der Waals surface area contributed by atoms with Gasteiger partial charge in [-0.1, -0.05) is 42.5 Å². The predicted octanol–water partition coefficient (Wildman–Crippen LogP) is 5.94. The van der Waals surface area contributed by atoms with Crippen LogP contribution in [0.2, 0.25) is 0 Å². The minimum atomic E-state index is -4.80. The summed E-state index contributed by atoms with van der Waals surface area (Å²) in [5.41, 5.74) is 0.0975. The number of fused-ring (bicyclic) bond motifs is 3. The van der Waals surface area contributed by atoms with Crippen LogP contribution in [0.15, 0.2) is 60.7 Å². The predicted molar refractivity (Wildman–Crippen MR) is 148 cm³/mol. The number of alkyl halides is 3. The number of nitrogens with zero attached hydrogens (tertiary/aromatic N) is 2. The van der Waals surface area contributed by atoms with Crippen LogP contribution in [0.4, 0.5) is 18.9 Å². The number of benzene rings is 3. The van der Waals surface area contributed by atoms with Crippen molar-refractivity contribution in [1.82, 2.24) is 4.90 Å². The number of carbonyl (C=O) groups is 2. The smallest absolute Gasteiger partial charge is 0.480 e. The van der Waals surface area contributed by atoms with Crippen LogP contribution in [0.5, 0.6) is 5.75 Å². The van der Waals surface area contributed by atoms with Crippen LogP contribution in [-0.4, -0.2) is 51.7 Å². The van der Waals surface area contributed by atoms with Crippen LogP contribution in [-0.2, 0) is 11.3 Å². The average Bonchev–Trinajstić information content (AvgIpc) is 2.89. The molecule has 5 atom stereocenters. The van der Waals surface area contributed by atoms with Crippen molar-refractivity contribution < 1.29 is 37.7 Å². The summed E-state index contributed by atoms with van der Waals surface area (Å²) in [4.78, 5) is 30.7. The van der Waals surface area contributed by atoms with Gasteiger partial charge >= 0.3 is 12.3 Å². The maximum absolute atomic E-state index is 14.2. The molecule has 8 rings (SSSR count). The van der Waals surface area contributed by atoms with E-state index in [9.17, 15) is 33.0 Å². The highest BCUT2D eigenvalue weighted by Crippen LogP contribution is 2.63. The van der Waals surface area contributed by atoms with Gasteiger partial charge in [-0.25, -0.2) is 4.79 Å². The van der Waals surface area contributed by atoms with E-state index in [1.54, 1.807) is 6.07 Å². The largest absolute Gasteiger partial charge is 0.573 e. The number of hydrogen-bond donors (Lipinski definition) is 2. The molecule has 2 N–H and O–H groups in total. The second-order valence-corrected chi connectivity index (χ2v) is 12.8. The van der Waals surface area contributed by atoms with E-state index in [-0.39, 0.29) is 36.7 Å². The molecule has 4 aliphatic carbocycles. The number of aliphatic carboxylic acids is 1. The van der Waals surface area contributed by atoms with E-state index in [4.69, 9.17) is 0 Å². The third kappa shape index (κ3) is 4.56. The maximum Gasteiger partial charge on any atom is 0.573 e. The molecule has 3 aromatic rings. The molecule has 0 radical (unpaired) electrons. The summed E-state index contributed by atoms with van der Waals surface area (Å²) in [6, 6.07) is 15.6. The first-order chi connectivity index (χ1) is 19.9. The SMILES string of the molecule is O=C(O)[C@@H](N1CN(Cc2ccc(OC(F)(F)F)cc2)c2c(ccc3ccccc23)C1=O)C12CC3C[C@@H](CC(O)(C3)C1)C2. The van der Waals surface area contributed by atoms with Gasteiger partial charge in [0.05, 0.1) is 23.5 Å². The van der Waals surface area contributed by atoms with Gasteiger partial charge in [0.25, 0.3) is 5.91 Å². The molecule has 7 nitrogen and oxygen atoms in total. The number of aliphatic hydroxyl groups is 1. The van der Waals surface area contributed by atoms with Crippen molar-refractivity contribution in [1.29, 1.82) is 0 Å². The van der Waals surface area contributed by atoms with Crippen LogP contribution in [0.1, 0.15) is 54.4 Å². The van der Waals surface area contributed by atoms with E-state index in [0.29, 0.717) is 48.9 Å². The summed E-state index contributed by atoms with van der Waals surface area (Å²) in [5.74, 6) is -1.30. The Morgan fingerprint density at radius 3 is 2.33 bits per heavy atom. The summed E-state index contributed by atoms with van der Waals surface area (Å²) in [5, 5.41) is 23.8. The summed E-state index contributed by atoms with van der Waals surface area (Å²) in [6.07, 6.45) is -0.766. The van der Waals surface area contributed by atoms with Crippen molar-refractivity contribution in [3.63, 3.8) is 0 Å². The van der Waals surface area contributed by atoms with Crippen LogP contribution < -0.4 is 9.64 Å². The molecule has 1 heterocycles. The number of halogens is 3. The molecular weight excluding hydrogens is 549 g/mol. The molecule has 1 amide bonds. The molecular formula is C32H31F3N2O5. The standard InChI is InChI=1S/C32H31F3N2O5/c33-32(34,35)42-23-8-5-19(6-9-23)16-36-18-37(28(38)25-10-7-22-3-1-2-4-24(22)26(25)36)27(29(39)40)30-12-20-11-21(13-30)15-31(41,14-20)17-30/h1-10,20-21,27,41H,11-18H2,(H,39,40)/t20-,21?,27-,30?,31?/m1/s1. The Balaban J connectivity index is 1.29. The molecule has 220 valence electrons. The highest BCUT2D eigenvalue weighted by molar-refractivity contribution is 6.11. The molecule has 10 heteroatoms. The lowest BCUT2D eigenvalue weighted by atomic mass is 9.46. The molecule has 1 aliphatic heterocycles. The molecule has 42 heavy (non-hydrogen) atoms.